The summed E-state index contributed by atoms with van der Waals surface area (Å²) in [4.78, 5) is 7.85. The van der Waals surface area contributed by atoms with Crippen LogP contribution in [0.3, 0.4) is 0 Å². The molecule has 0 heterocycles. The topological polar surface area (TPSA) is 82.9 Å². The number of rotatable bonds is 6. The maximum Gasteiger partial charge on any atom is 0.192 e. The van der Waals surface area contributed by atoms with Crippen molar-refractivity contribution in [3.63, 3.8) is 0 Å². The van der Waals surface area contributed by atoms with Gasteiger partial charge in [0, 0.05) is 32.7 Å². The van der Waals surface area contributed by atoms with Gasteiger partial charge in [0.1, 0.15) is 5.82 Å². The van der Waals surface area contributed by atoms with Gasteiger partial charge in [0.15, 0.2) is 5.96 Å². The molecule has 0 aliphatic heterocycles. The fraction of sp³-hybridized carbons (Fsp3) is 0.471. The number of nitrogen functional groups attached to an aromatic ring is 1. The van der Waals surface area contributed by atoms with Crippen LogP contribution in [0.15, 0.2) is 29.8 Å². The summed E-state index contributed by atoms with van der Waals surface area (Å²) < 4.78 is 14.2. The second-order valence-electron chi connectivity index (χ2n) is 5.42. The van der Waals surface area contributed by atoms with Gasteiger partial charge < -0.3 is 26.6 Å². The van der Waals surface area contributed by atoms with Gasteiger partial charge in [0.05, 0.1) is 17.1 Å². The highest BCUT2D eigenvalue weighted by Gasteiger charge is 2.13. The Morgan fingerprint density at radius 2 is 1.96 bits per heavy atom. The minimum absolute atomic E-state index is 0.140. The van der Waals surface area contributed by atoms with Gasteiger partial charge in [-0.2, -0.15) is 0 Å². The second kappa shape index (κ2) is 11.3. The second-order valence-corrected chi connectivity index (χ2v) is 5.42. The number of guanidine groups is 1. The molecule has 7 heteroatoms. The lowest BCUT2D eigenvalue weighted by atomic mass is 10.2. The van der Waals surface area contributed by atoms with Crippen LogP contribution in [0.5, 0.6) is 0 Å². The molecule has 0 bridgehead atoms. The summed E-state index contributed by atoms with van der Waals surface area (Å²) in [6.07, 6.45) is 1.75. The summed E-state index contributed by atoms with van der Waals surface area (Å²) in [6.45, 7) is 9.66. The number of likely N-dealkylation sites (N-methyl/N-ethyl adjacent to an activating group) is 2. The van der Waals surface area contributed by atoms with E-state index in [0.717, 1.165) is 19.6 Å². The van der Waals surface area contributed by atoms with E-state index in [0.29, 0.717) is 11.4 Å². The lowest BCUT2D eigenvalue weighted by Crippen LogP contribution is -2.32. The highest BCUT2D eigenvalue weighted by atomic mass is 19.1. The van der Waals surface area contributed by atoms with Crippen molar-refractivity contribution >= 4 is 23.0 Å². The first kappa shape index (κ1) is 21.7. The Bertz CT molecular complexity index is 542. The van der Waals surface area contributed by atoms with Gasteiger partial charge in [-0.15, -0.1) is 6.58 Å². The van der Waals surface area contributed by atoms with Crippen LogP contribution in [0.2, 0.25) is 0 Å². The van der Waals surface area contributed by atoms with Crippen molar-refractivity contribution < 1.29 is 4.39 Å². The van der Waals surface area contributed by atoms with Crippen LogP contribution in [-0.2, 0) is 0 Å². The lowest BCUT2D eigenvalue weighted by molar-refractivity contribution is 0.414. The molecule has 0 saturated heterocycles. The molecule has 0 unspecified atom stereocenters. The lowest BCUT2D eigenvalue weighted by Gasteiger charge is -2.26. The van der Waals surface area contributed by atoms with E-state index in [1.807, 2.05) is 32.8 Å². The van der Waals surface area contributed by atoms with E-state index in [1.54, 1.807) is 12.1 Å². The molecule has 5 N–H and O–H groups in total. The van der Waals surface area contributed by atoms with E-state index in [9.17, 15) is 4.39 Å². The number of benzene rings is 1. The van der Waals surface area contributed by atoms with Crippen LogP contribution in [0.1, 0.15) is 13.8 Å². The van der Waals surface area contributed by atoms with Gasteiger partial charge in [-0.1, -0.05) is 6.08 Å². The molecule has 1 aromatic rings. The molecule has 0 fully saturated rings. The van der Waals surface area contributed by atoms with Crippen molar-refractivity contribution in [1.29, 1.82) is 0 Å². The van der Waals surface area contributed by atoms with Crippen LogP contribution in [0.4, 0.5) is 21.5 Å². The van der Waals surface area contributed by atoms with Crippen molar-refractivity contribution in [2.45, 2.75) is 13.8 Å². The molecule has 0 aromatic heterocycles. The zero-order valence-corrected chi connectivity index (χ0v) is 15.4. The molecule has 0 spiro atoms. The number of halogens is 1. The van der Waals surface area contributed by atoms with Crippen molar-refractivity contribution in [1.82, 2.24) is 4.90 Å². The van der Waals surface area contributed by atoms with Gasteiger partial charge in [0.2, 0.25) is 0 Å². The van der Waals surface area contributed by atoms with E-state index in [1.165, 1.54) is 13.1 Å². The Kier molecular flexibility index (Phi) is 10.2. The highest BCUT2D eigenvalue weighted by Crippen LogP contribution is 2.29. The van der Waals surface area contributed by atoms with Gasteiger partial charge in [-0.3, -0.25) is 4.99 Å². The zero-order chi connectivity index (χ0) is 18.7. The molecule has 0 amide bonds. The summed E-state index contributed by atoms with van der Waals surface area (Å²) in [6, 6.07) is 2.97. The van der Waals surface area contributed by atoms with E-state index < -0.39 is 5.82 Å². The Labute approximate surface area is 145 Å². The van der Waals surface area contributed by atoms with Crippen LogP contribution < -0.4 is 21.7 Å². The van der Waals surface area contributed by atoms with Crippen molar-refractivity contribution in [2.24, 2.45) is 10.7 Å². The molecule has 1 aromatic carbocycles. The third-order valence-electron chi connectivity index (χ3n) is 3.16. The molecular weight excluding hydrogens is 307 g/mol. The van der Waals surface area contributed by atoms with Crippen molar-refractivity contribution in [3.05, 3.63) is 30.6 Å². The van der Waals surface area contributed by atoms with Crippen LogP contribution in [0, 0.1) is 5.82 Å². The maximum absolute atomic E-state index is 14.2. The normalized spacial score (nSPS) is 10.9. The smallest absolute Gasteiger partial charge is 0.192 e. The standard InChI is InChI=1S/C14H25FN6.C3H6/c1-5-21(7-6-20(3)4)13-8-10(15)12(9-11(13)16)19-14(17)18-2;1-3-2/h8-9H,5-7,16H2,1-4H3,(H3,17,18,19);3H,1H2,2H3. The molecule has 0 atom stereocenters. The fourth-order valence-electron chi connectivity index (χ4n) is 1.91. The Morgan fingerprint density at radius 1 is 1.38 bits per heavy atom. The van der Waals surface area contributed by atoms with E-state index in [2.05, 4.69) is 21.8 Å². The summed E-state index contributed by atoms with van der Waals surface area (Å²) in [5, 5.41) is 2.68. The highest BCUT2D eigenvalue weighted by molar-refractivity contribution is 5.93. The van der Waals surface area contributed by atoms with E-state index >= 15 is 0 Å². The SMILES string of the molecule is C=CC.CCN(CCN(C)C)c1cc(F)c(NC(N)=NC)cc1N. The maximum atomic E-state index is 14.2. The first-order valence-corrected chi connectivity index (χ1v) is 7.85. The van der Waals surface area contributed by atoms with Gasteiger partial charge in [-0.05, 0) is 34.0 Å². The molecule has 0 aliphatic carbocycles. The summed E-state index contributed by atoms with van der Waals surface area (Å²) in [7, 11) is 5.52. The third-order valence-corrected chi connectivity index (χ3v) is 3.16. The average Bonchev–Trinajstić information content (AvgIpc) is 2.52. The minimum Gasteiger partial charge on any atom is -0.397 e. The number of nitrogens with zero attached hydrogens (tertiary/aromatic N) is 3. The molecule has 1 rings (SSSR count). The molecular formula is C17H31FN6. The first-order chi connectivity index (χ1) is 11.3. The average molecular weight is 338 g/mol. The molecule has 0 saturated carbocycles. The predicted molar refractivity (Wildman–Crippen MR) is 104 cm³/mol. The number of hydrogen-bond donors (Lipinski definition) is 3. The number of hydrogen-bond acceptors (Lipinski definition) is 4. The monoisotopic (exact) mass is 338 g/mol. The predicted octanol–water partition coefficient (Wildman–Crippen LogP) is 2.34. The largest absolute Gasteiger partial charge is 0.397 e. The molecule has 6 nitrogen and oxygen atoms in total. The van der Waals surface area contributed by atoms with Gasteiger partial charge >= 0.3 is 0 Å². The molecule has 0 radical (unpaired) electrons. The van der Waals surface area contributed by atoms with Gasteiger partial charge in [0.25, 0.3) is 0 Å². The van der Waals surface area contributed by atoms with Crippen LogP contribution in [-0.4, -0.2) is 51.6 Å². The summed E-state index contributed by atoms with van der Waals surface area (Å²) >= 11 is 0. The summed E-state index contributed by atoms with van der Waals surface area (Å²) in [5.74, 6) is -0.268. The Balaban J connectivity index is 0.00000163. The Hall–Kier alpha value is -2.28. The van der Waals surface area contributed by atoms with Crippen molar-refractivity contribution in [2.75, 3.05) is 56.7 Å². The number of aliphatic imine (C=N–C) groups is 1. The van der Waals surface area contributed by atoms with Crippen molar-refractivity contribution in [3.8, 4) is 0 Å². The molecule has 0 aliphatic rings. The zero-order valence-electron chi connectivity index (χ0n) is 15.4. The summed E-state index contributed by atoms with van der Waals surface area (Å²) in [5.41, 5.74) is 13.0. The molecule has 136 valence electrons. The van der Waals surface area contributed by atoms with Crippen LogP contribution in [0.25, 0.3) is 0 Å². The number of allylic oxidation sites excluding steroid dienone is 1. The Morgan fingerprint density at radius 3 is 2.42 bits per heavy atom. The fourth-order valence-corrected chi connectivity index (χ4v) is 1.91. The molecule has 24 heavy (non-hydrogen) atoms. The number of anilines is 3. The van der Waals surface area contributed by atoms with Crippen LogP contribution >= 0.6 is 0 Å². The van der Waals surface area contributed by atoms with Gasteiger partial charge in [-0.25, -0.2) is 4.39 Å². The minimum atomic E-state index is -0.408. The van der Waals surface area contributed by atoms with E-state index in [4.69, 9.17) is 11.5 Å². The third kappa shape index (κ3) is 7.32. The quantitative estimate of drug-likeness (QED) is 0.321. The number of nitrogens with two attached hydrogens (primary N) is 2. The van der Waals surface area contributed by atoms with E-state index in [-0.39, 0.29) is 11.6 Å². The first-order valence-electron chi connectivity index (χ1n) is 7.85. The number of nitrogens with one attached hydrogen (secondary N) is 1.